The number of hydrogen-bond acceptors (Lipinski definition) is 3. The van der Waals surface area contributed by atoms with E-state index in [9.17, 15) is 14.7 Å². The van der Waals surface area contributed by atoms with E-state index in [0.29, 0.717) is 13.0 Å². The van der Waals surface area contributed by atoms with Crippen molar-refractivity contribution in [2.75, 3.05) is 26.8 Å². The van der Waals surface area contributed by atoms with Crippen molar-refractivity contribution in [3.63, 3.8) is 0 Å². The number of carbonyl (C=O) groups excluding carboxylic acids is 1. The van der Waals surface area contributed by atoms with Crippen molar-refractivity contribution in [1.29, 1.82) is 0 Å². The molecule has 1 aromatic carbocycles. The third-order valence-corrected chi connectivity index (χ3v) is 5.14. The normalized spacial score (nSPS) is 21.5. The van der Waals surface area contributed by atoms with Gasteiger partial charge >= 0.3 is 5.97 Å². The molecule has 0 spiro atoms. The number of aliphatic carboxylic acids is 1. The van der Waals surface area contributed by atoms with Gasteiger partial charge in [-0.25, -0.2) is 0 Å². The Balaban J connectivity index is 2.20. The maximum atomic E-state index is 12.9. The average molecular weight is 384 g/mol. The number of nitrogens with zero attached hydrogens (tertiary/aromatic N) is 1. The number of carbonyl (C=O) groups is 2. The van der Waals surface area contributed by atoms with Crippen LogP contribution in [0.4, 0.5) is 0 Å². The number of likely N-dealkylation sites (tertiary alicyclic amines) is 1. The lowest BCUT2D eigenvalue weighted by Gasteiger charge is -2.31. The molecular formula is C17H22BrNO4. The summed E-state index contributed by atoms with van der Waals surface area (Å²) in [4.78, 5) is 26.2. The van der Waals surface area contributed by atoms with Gasteiger partial charge in [-0.1, -0.05) is 28.1 Å². The highest BCUT2D eigenvalue weighted by Crippen LogP contribution is 2.35. The first-order valence-corrected chi connectivity index (χ1v) is 8.30. The predicted molar refractivity (Wildman–Crippen MR) is 90.3 cm³/mol. The highest BCUT2D eigenvalue weighted by molar-refractivity contribution is 9.10. The van der Waals surface area contributed by atoms with E-state index in [0.717, 1.165) is 10.0 Å². The number of ether oxygens (including phenoxy) is 1. The summed E-state index contributed by atoms with van der Waals surface area (Å²) < 4.78 is 6.03. The first kappa shape index (κ1) is 17.9. The molecule has 1 atom stereocenters. The summed E-state index contributed by atoms with van der Waals surface area (Å²) >= 11 is 3.39. The van der Waals surface area contributed by atoms with Crippen LogP contribution in [0.2, 0.25) is 0 Å². The number of methoxy groups -OCH3 is 1. The molecular weight excluding hydrogens is 362 g/mol. The maximum Gasteiger partial charge on any atom is 0.313 e. The quantitative estimate of drug-likeness (QED) is 0.848. The zero-order valence-corrected chi connectivity index (χ0v) is 15.2. The van der Waals surface area contributed by atoms with Crippen LogP contribution in [-0.4, -0.2) is 48.7 Å². The first-order chi connectivity index (χ1) is 10.7. The van der Waals surface area contributed by atoms with Crippen molar-refractivity contribution >= 4 is 27.8 Å². The minimum absolute atomic E-state index is 0.0564. The van der Waals surface area contributed by atoms with Crippen molar-refractivity contribution in [3.05, 3.63) is 34.3 Å². The molecule has 1 fully saturated rings. The van der Waals surface area contributed by atoms with E-state index in [2.05, 4.69) is 15.9 Å². The molecule has 1 heterocycles. The van der Waals surface area contributed by atoms with Crippen LogP contribution in [0.5, 0.6) is 0 Å². The third-order valence-electron chi connectivity index (χ3n) is 4.62. The van der Waals surface area contributed by atoms with Gasteiger partial charge in [-0.2, -0.15) is 0 Å². The average Bonchev–Trinajstić information content (AvgIpc) is 2.93. The van der Waals surface area contributed by atoms with Gasteiger partial charge in [0.2, 0.25) is 5.91 Å². The molecule has 0 aromatic heterocycles. The SMILES string of the molecule is COCC1(C(=O)O)CCN(C(=O)C(C)(C)c2ccc(Br)cc2)C1. The second-order valence-electron chi connectivity index (χ2n) is 6.63. The van der Waals surface area contributed by atoms with Crippen molar-refractivity contribution < 1.29 is 19.4 Å². The molecule has 1 saturated heterocycles. The molecule has 126 valence electrons. The van der Waals surface area contributed by atoms with Crippen LogP contribution < -0.4 is 0 Å². The Morgan fingerprint density at radius 1 is 1.35 bits per heavy atom. The molecule has 6 heteroatoms. The minimum atomic E-state index is -1.000. The number of halogens is 1. The number of amides is 1. The Morgan fingerprint density at radius 2 is 1.96 bits per heavy atom. The molecule has 1 amide bonds. The fourth-order valence-corrected chi connectivity index (χ4v) is 3.33. The van der Waals surface area contributed by atoms with E-state index in [1.165, 1.54) is 7.11 Å². The largest absolute Gasteiger partial charge is 0.481 e. The highest BCUT2D eigenvalue weighted by atomic mass is 79.9. The zero-order valence-electron chi connectivity index (χ0n) is 13.6. The third kappa shape index (κ3) is 3.43. The summed E-state index contributed by atoms with van der Waals surface area (Å²) in [5.41, 5.74) is -0.798. The van der Waals surface area contributed by atoms with Gasteiger partial charge in [0.1, 0.15) is 5.41 Å². The van der Waals surface area contributed by atoms with Crippen LogP contribution in [0, 0.1) is 5.41 Å². The summed E-state index contributed by atoms with van der Waals surface area (Å²) in [6, 6.07) is 7.64. The lowest BCUT2D eigenvalue weighted by atomic mass is 9.83. The predicted octanol–water partition coefficient (Wildman–Crippen LogP) is 2.68. The van der Waals surface area contributed by atoms with Crippen molar-refractivity contribution in [2.45, 2.75) is 25.7 Å². The second kappa shape index (κ2) is 6.61. The Morgan fingerprint density at radius 3 is 2.48 bits per heavy atom. The van der Waals surface area contributed by atoms with Crippen LogP contribution in [0.25, 0.3) is 0 Å². The first-order valence-electron chi connectivity index (χ1n) is 7.51. The van der Waals surface area contributed by atoms with Gasteiger partial charge in [-0.3, -0.25) is 9.59 Å². The van der Waals surface area contributed by atoms with Gasteiger partial charge in [0.05, 0.1) is 12.0 Å². The van der Waals surface area contributed by atoms with Crippen molar-refractivity contribution in [3.8, 4) is 0 Å². The van der Waals surface area contributed by atoms with Crippen LogP contribution in [0.1, 0.15) is 25.8 Å². The summed E-state index contributed by atoms with van der Waals surface area (Å²) in [5.74, 6) is -0.963. The van der Waals surface area contributed by atoms with Gasteiger partial charge in [-0.15, -0.1) is 0 Å². The molecule has 1 N–H and O–H groups in total. The van der Waals surface area contributed by atoms with Gasteiger partial charge in [0, 0.05) is 24.7 Å². The molecule has 1 unspecified atom stereocenters. The number of carboxylic acids is 1. The fraction of sp³-hybridized carbons (Fsp3) is 0.529. The van der Waals surface area contributed by atoms with E-state index >= 15 is 0 Å². The van der Waals surface area contributed by atoms with E-state index in [4.69, 9.17) is 4.74 Å². The molecule has 0 aliphatic carbocycles. The molecule has 1 aliphatic heterocycles. The number of rotatable bonds is 5. The van der Waals surface area contributed by atoms with Crippen LogP contribution in [0.15, 0.2) is 28.7 Å². The molecule has 5 nitrogen and oxygen atoms in total. The van der Waals surface area contributed by atoms with Crippen molar-refractivity contribution in [1.82, 2.24) is 4.90 Å². The van der Waals surface area contributed by atoms with Crippen LogP contribution in [0.3, 0.4) is 0 Å². The minimum Gasteiger partial charge on any atom is -0.481 e. The second-order valence-corrected chi connectivity index (χ2v) is 7.54. The zero-order chi connectivity index (χ0) is 17.3. The molecule has 23 heavy (non-hydrogen) atoms. The molecule has 1 aliphatic rings. The Bertz CT molecular complexity index is 599. The topological polar surface area (TPSA) is 66.8 Å². The van der Waals surface area contributed by atoms with Gasteiger partial charge in [0.15, 0.2) is 0 Å². The summed E-state index contributed by atoms with van der Waals surface area (Å²) in [7, 11) is 1.49. The summed E-state index contributed by atoms with van der Waals surface area (Å²) in [6.45, 7) is 4.49. The molecule has 0 bridgehead atoms. The Kier molecular flexibility index (Phi) is 5.16. The smallest absolute Gasteiger partial charge is 0.313 e. The summed E-state index contributed by atoms with van der Waals surface area (Å²) in [6.07, 6.45) is 0.415. The Labute approximate surface area is 144 Å². The standard InChI is InChI=1S/C17H22BrNO4/c1-16(2,12-4-6-13(18)7-5-12)14(20)19-9-8-17(10-19,11-23-3)15(21)22/h4-7H,8-11H2,1-3H3,(H,21,22). The number of hydrogen-bond donors (Lipinski definition) is 1. The number of carboxylic acid groups (broad SMARTS) is 1. The summed E-state index contributed by atoms with van der Waals surface area (Å²) in [5, 5.41) is 9.52. The monoisotopic (exact) mass is 383 g/mol. The van der Waals surface area contributed by atoms with E-state index in [1.54, 1.807) is 4.90 Å². The molecule has 1 aromatic rings. The Hall–Kier alpha value is -1.40. The lowest BCUT2D eigenvalue weighted by Crippen LogP contribution is -2.45. The van der Waals surface area contributed by atoms with E-state index in [-0.39, 0.29) is 19.1 Å². The van der Waals surface area contributed by atoms with E-state index < -0.39 is 16.8 Å². The van der Waals surface area contributed by atoms with Crippen LogP contribution in [-0.2, 0) is 19.7 Å². The van der Waals surface area contributed by atoms with E-state index in [1.807, 2.05) is 38.1 Å². The molecule has 2 rings (SSSR count). The highest BCUT2D eigenvalue weighted by Gasteiger charge is 2.48. The number of benzene rings is 1. The van der Waals surface area contributed by atoms with Gasteiger partial charge in [-0.05, 0) is 38.0 Å². The molecule has 0 saturated carbocycles. The fourth-order valence-electron chi connectivity index (χ4n) is 3.06. The van der Waals surface area contributed by atoms with Crippen molar-refractivity contribution in [2.24, 2.45) is 5.41 Å². The lowest BCUT2D eigenvalue weighted by molar-refractivity contribution is -0.152. The molecule has 0 radical (unpaired) electrons. The van der Waals surface area contributed by atoms with Crippen LogP contribution >= 0.6 is 15.9 Å². The van der Waals surface area contributed by atoms with Gasteiger partial charge < -0.3 is 14.7 Å². The maximum absolute atomic E-state index is 12.9. The van der Waals surface area contributed by atoms with Gasteiger partial charge in [0.25, 0.3) is 0 Å².